The maximum absolute atomic E-state index is 12.2. The molecular weight excluding hydrogens is 1800 g/mol. The van der Waals surface area contributed by atoms with Crippen molar-refractivity contribution in [3.05, 3.63) is 283 Å². The van der Waals surface area contributed by atoms with Crippen LogP contribution in [0.2, 0.25) is 30.1 Å². The van der Waals surface area contributed by atoms with Crippen molar-refractivity contribution in [3.63, 3.8) is 0 Å². The molecule has 8 aromatic heterocycles. The molecule has 0 aliphatic carbocycles. The van der Waals surface area contributed by atoms with Crippen LogP contribution in [0.4, 0.5) is 52.4 Å². The Morgan fingerprint density at radius 3 is 1.06 bits per heavy atom. The molecule has 0 saturated carbocycles. The summed E-state index contributed by atoms with van der Waals surface area (Å²) in [5, 5.41) is 41.7. The van der Waals surface area contributed by atoms with E-state index in [-0.39, 0.29) is 53.3 Å². The summed E-state index contributed by atoms with van der Waals surface area (Å²) in [4.78, 5) is 79.5. The maximum atomic E-state index is 12.2. The van der Waals surface area contributed by atoms with E-state index < -0.39 is 0 Å². The van der Waals surface area contributed by atoms with E-state index in [0.717, 1.165) is 68.0 Å². The second-order valence-electron chi connectivity index (χ2n) is 29.8. The van der Waals surface area contributed by atoms with Crippen molar-refractivity contribution in [2.24, 2.45) is 7.05 Å². The lowest BCUT2D eigenvalue weighted by Crippen LogP contribution is -2.09. The number of allylic oxidation sites excluding steroid dienone is 3. The number of para-hydroxylation sites is 3. The Hall–Kier alpha value is -14.0. The van der Waals surface area contributed by atoms with Crippen LogP contribution < -0.4 is 60.3 Å². The fourth-order valence-corrected chi connectivity index (χ4v) is 16.4. The quantitative estimate of drug-likeness (QED) is 0.0179. The van der Waals surface area contributed by atoms with Crippen LogP contribution in [-0.4, -0.2) is 143 Å². The first kappa shape index (κ1) is 95.5. The fourth-order valence-electron chi connectivity index (χ4n) is 14.3. The molecule has 0 aliphatic rings. The van der Waals surface area contributed by atoms with E-state index in [1.807, 2.05) is 125 Å². The lowest BCUT2D eigenvalue weighted by Gasteiger charge is -2.17. The minimum absolute atomic E-state index is 0.0225. The number of rotatable bonds is 36. The minimum Gasteiger partial charge on any atom is -0.495 e. The SMILES string of the molecule is C=CC(=O)Cc1cccc(C)c1Nc1ncc2cc(-c3c(Cl)c(OC)cc(OC)c3Cl)nc(NCCc3ccccc3)c2n1.C=CC(=O)Cc1cccc(C)c1Nc1ncc2cc(-c3c(Cl)c(OC)cc(OC)c3Cl)nc(NCc3cnn(C)c3)c2n1.C=CC(=O)Cc1cccc(C)c1Nc1ncc2cc(-c3c(Cl)c(OC)cc(OC)c3Cl)nc(NCc3cnn(CCO)c3)c2n1. The van der Waals surface area contributed by atoms with Gasteiger partial charge in [0.15, 0.2) is 34.8 Å². The highest BCUT2D eigenvalue weighted by molar-refractivity contribution is 6.42. The zero-order valence-electron chi connectivity index (χ0n) is 73.5. The normalized spacial score (nSPS) is 10.9. The molecule has 8 heterocycles. The number of aliphatic hydroxyl groups is 1. The second kappa shape index (κ2) is 44.0. The third-order valence-electron chi connectivity index (χ3n) is 21.0. The number of methoxy groups -OCH3 is 6. The number of fused-ring (bicyclic) bond motifs is 3. The molecule has 0 aliphatic heterocycles. The molecule has 132 heavy (non-hydrogen) atoms. The van der Waals surface area contributed by atoms with Crippen LogP contribution in [0.5, 0.6) is 34.5 Å². The molecule has 29 nitrogen and oxygen atoms in total. The van der Waals surface area contributed by atoms with Gasteiger partial charge in [-0.25, -0.2) is 44.9 Å². The van der Waals surface area contributed by atoms with Gasteiger partial charge in [0.25, 0.3) is 0 Å². The van der Waals surface area contributed by atoms with Gasteiger partial charge >= 0.3 is 0 Å². The van der Waals surface area contributed by atoms with Crippen molar-refractivity contribution in [2.75, 3.05) is 87.7 Å². The number of carbonyl (C=O) groups excluding carboxylic acids is 3. The molecule has 35 heteroatoms. The van der Waals surface area contributed by atoms with Crippen LogP contribution in [0.1, 0.15) is 50.1 Å². The van der Waals surface area contributed by atoms with Crippen molar-refractivity contribution >= 4 is 172 Å². The fraction of sp³-hybridized carbons (Fsp3) is 0.196. The number of halogens is 6. The third kappa shape index (κ3) is 22.3. The summed E-state index contributed by atoms with van der Waals surface area (Å²) in [6, 6.07) is 37.7. The number of aryl methyl sites for hydroxylation is 4. The number of nitrogens with zero attached hydrogens (tertiary/aromatic N) is 13. The smallest absolute Gasteiger partial charge is 0.227 e. The van der Waals surface area contributed by atoms with Crippen LogP contribution in [0.25, 0.3) is 66.5 Å². The van der Waals surface area contributed by atoms with Gasteiger partial charge in [0.1, 0.15) is 51.0 Å². The first-order chi connectivity index (χ1) is 63.8. The summed E-state index contributed by atoms with van der Waals surface area (Å²) in [5.41, 5.74) is 15.0. The van der Waals surface area contributed by atoms with Gasteiger partial charge in [-0.3, -0.25) is 23.7 Å². The number of pyridine rings is 3. The maximum Gasteiger partial charge on any atom is 0.227 e. The van der Waals surface area contributed by atoms with E-state index in [1.165, 1.54) is 66.5 Å². The van der Waals surface area contributed by atoms with Gasteiger partial charge in [0.05, 0.1) is 115 Å². The summed E-state index contributed by atoms with van der Waals surface area (Å²) in [6.45, 7) is 18.4. The van der Waals surface area contributed by atoms with Gasteiger partial charge in [-0.15, -0.1) is 0 Å². The van der Waals surface area contributed by atoms with Gasteiger partial charge in [0.2, 0.25) is 17.8 Å². The molecule has 7 N–H and O–H groups in total. The summed E-state index contributed by atoms with van der Waals surface area (Å²) >= 11 is 40.5. The molecule has 0 bridgehead atoms. The number of ketones is 3. The highest BCUT2D eigenvalue weighted by atomic mass is 35.5. The molecule has 15 rings (SSSR count). The minimum atomic E-state index is -0.0971. The number of benzene rings is 7. The van der Waals surface area contributed by atoms with E-state index in [4.69, 9.17) is 128 Å². The standard InChI is InChI=1S/C34H31Cl2N5O3.C32H31Cl2N7O4.C31H29Cl2N7O3/c1-5-24(42)16-22-13-9-10-20(2)31(22)40-34-38-19-23-17-25(28-29(35)26(43-3)18-27(44-4)30(28)36)39-33(32(23)41-34)37-15-14-21-11-7-6-8-12-21;1-5-22(43)11-20-8-6-7-18(2)29(20)39-32-36-16-21-12-23(26-27(33)24(44-3)13-25(45-4)28(26)34)38-31(30(21)40-32)35-14-19-15-37-41(17-19)9-10-42;1-6-21(41)10-19-9-7-8-17(2)28(19)38-31-35-15-20-11-22(25-26(32)23(42-4)12-24(43-5)27(25)33)37-30(29(20)39-31)34-13-18-14-36-40(3)16-18/h5-13,17-19H,1,14-16H2,2-4H3,(H,37,39)(H,38,40,41);5-8,12-13,15-17,42H,1,9-11,14H2,2-4H3,(H,35,38)(H,36,39,40);6-9,11-12,14-16H,1,10,13H2,2-5H3,(H,34,37)(H,35,38,39). The van der Waals surface area contributed by atoms with Gasteiger partial charge in [0, 0.05) is 156 Å². The van der Waals surface area contributed by atoms with Gasteiger partial charge in [-0.1, -0.05) is 174 Å². The Bertz CT molecular complexity index is 6800. The molecule has 0 spiro atoms. The molecule has 15 aromatic rings. The van der Waals surface area contributed by atoms with Crippen molar-refractivity contribution in [2.45, 2.75) is 66.1 Å². The number of nitrogens with one attached hydrogen (secondary N) is 6. The van der Waals surface area contributed by atoms with Crippen LogP contribution in [0, 0.1) is 20.8 Å². The van der Waals surface area contributed by atoms with Gasteiger partial charge in [-0.05, 0) is 103 Å². The molecule has 676 valence electrons. The summed E-state index contributed by atoms with van der Waals surface area (Å²) in [6.07, 6.45) is 17.6. The highest BCUT2D eigenvalue weighted by Crippen LogP contribution is 2.50. The molecule has 0 radical (unpaired) electrons. The summed E-state index contributed by atoms with van der Waals surface area (Å²) < 4.78 is 36.2. The van der Waals surface area contributed by atoms with E-state index >= 15 is 0 Å². The van der Waals surface area contributed by atoms with Crippen molar-refractivity contribution < 1.29 is 47.9 Å². The number of hydrogen-bond acceptors (Lipinski definition) is 27. The molecule has 0 atom stereocenters. The topological polar surface area (TPSA) is 351 Å². The van der Waals surface area contributed by atoms with Crippen molar-refractivity contribution in [1.29, 1.82) is 0 Å². The lowest BCUT2D eigenvalue weighted by molar-refractivity contribution is -0.114. The molecule has 0 saturated heterocycles. The average molecular weight is 1900 g/mol. The zero-order valence-corrected chi connectivity index (χ0v) is 78.0. The molecule has 0 unspecified atom stereocenters. The van der Waals surface area contributed by atoms with Crippen LogP contribution in [0.3, 0.4) is 0 Å². The number of carbonyl (C=O) groups is 3. The Balaban J connectivity index is 0.000000168. The largest absolute Gasteiger partial charge is 0.495 e. The Kier molecular flexibility index (Phi) is 31.9. The Morgan fingerprint density at radius 1 is 0.409 bits per heavy atom. The third-order valence-corrected chi connectivity index (χ3v) is 23.2. The number of anilines is 9. The number of hydrogen-bond donors (Lipinski definition) is 7. The highest BCUT2D eigenvalue weighted by Gasteiger charge is 2.28. The Labute approximate surface area is 791 Å². The summed E-state index contributed by atoms with van der Waals surface area (Å²) in [5.74, 6) is 4.54. The van der Waals surface area contributed by atoms with Crippen LogP contribution >= 0.6 is 69.6 Å². The van der Waals surface area contributed by atoms with Gasteiger partial charge in [-0.2, -0.15) is 10.2 Å². The molecule has 0 fully saturated rings. The Morgan fingerprint density at radius 2 is 0.742 bits per heavy atom. The van der Waals surface area contributed by atoms with Crippen LogP contribution in [0.15, 0.2) is 203 Å². The number of aliphatic hydroxyl groups excluding tert-OH is 1. The summed E-state index contributed by atoms with van der Waals surface area (Å²) in [7, 11) is 10.9. The first-order valence-corrected chi connectivity index (χ1v) is 43.3. The van der Waals surface area contributed by atoms with Crippen molar-refractivity contribution in [3.8, 4) is 68.3 Å². The zero-order chi connectivity index (χ0) is 94.0. The number of aromatic nitrogens is 13. The van der Waals surface area contributed by atoms with E-state index in [9.17, 15) is 19.5 Å². The van der Waals surface area contributed by atoms with Gasteiger partial charge < -0.3 is 65.4 Å². The molecular formula is C97H91Cl6N19O10. The first-order valence-electron chi connectivity index (χ1n) is 41.0. The molecule has 7 aromatic carbocycles. The average Bonchev–Trinajstić information content (AvgIpc) is 1.32. The predicted octanol–water partition coefficient (Wildman–Crippen LogP) is 20.9. The number of ether oxygens (including phenoxy) is 6. The van der Waals surface area contributed by atoms with Crippen molar-refractivity contribution in [1.82, 2.24) is 64.4 Å². The lowest BCUT2D eigenvalue weighted by atomic mass is 10.0. The predicted molar refractivity (Wildman–Crippen MR) is 524 cm³/mol. The van der Waals surface area contributed by atoms with E-state index in [1.54, 1.807) is 64.6 Å². The second-order valence-corrected chi connectivity index (χ2v) is 32.1. The van der Waals surface area contributed by atoms with Crippen LogP contribution in [-0.2, 0) is 66.7 Å². The van der Waals surface area contributed by atoms with E-state index in [0.29, 0.717) is 183 Å². The van der Waals surface area contributed by atoms with E-state index in [2.05, 4.69) is 88.9 Å². The molecule has 0 amide bonds. The monoisotopic (exact) mass is 1890 g/mol.